The Bertz CT molecular complexity index is 852. The number of Topliss-reactive ketones (excluding diaryl/α,β-unsaturated/α-hetero) is 1. The minimum absolute atomic E-state index is 0.104. The van der Waals surface area contributed by atoms with Gasteiger partial charge in [0.25, 0.3) is 0 Å². The van der Waals surface area contributed by atoms with E-state index in [4.69, 9.17) is 4.74 Å². The number of nitrogens with zero attached hydrogens (tertiary/aromatic N) is 1. The number of benzene rings is 1. The average Bonchev–Trinajstić information content (AvgIpc) is 3.16. The van der Waals surface area contributed by atoms with Crippen molar-refractivity contribution in [2.24, 2.45) is 0 Å². The van der Waals surface area contributed by atoms with Crippen LogP contribution in [0.4, 0.5) is 4.39 Å². The molecule has 3 aromatic rings. The number of hydrogen-bond acceptors (Lipinski definition) is 3. The van der Waals surface area contributed by atoms with Gasteiger partial charge in [0.15, 0.2) is 6.61 Å². The fraction of sp³-hybridized carbons (Fsp3) is 0.211. The topological polar surface area (TPSA) is 31.2 Å². The third-order valence-electron chi connectivity index (χ3n) is 3.93. The summed E-state index contributed by atoms with van der Waals surface area (Å²) in [4.78, 5) is 13.7. The van der Waals surface area contributed by atoms with E-state index in [1.807, 2.05) is 31.4 Å². The summed E-state index contributed by atoms with van der Waals surface area (Å²) in [6.45, 7) is 4.58. The normalized spacial score (nSPS) is 10.8. The lowest BCUT2D eigenvalue weighted by atomic mass is 10.1. The first-order valence-corrected chi connectivity index (χ1v) is 8.53. The average molecular weight is 343 g/mol. The molecule has 0 N–H and O–H groups in total. The molecule has 1 aromatic carbocycles. The SMILES string of the molecule is Cc1cc(C(=O)COc2cccc(F)c2)c(C)n1Cc1cccs1. The second kappa shape index (κ2) is 7.01. The molecule has 24 heavy (non-hydrogen) atoms. The first-order valence-electron chi connectivity index (χ1n) is 7.65. The van der Waals surface area contributed by atoms with Gasteiger partial charge in [-0.25, -0.2) is 4.39 Å². The highest BCUT2D eigenvalue weighted by Gasteiger charge is 2.16. The van der Waals surface area contributed by atoms with Crippen LogP contribution in [0.15, 0.2) is 47.8 Å². The molecule has 0 spiro atoms. The lowest BCUT2D eigenvalue weighted by Crippen LogP contribution is -2.13. The molecule has 2 heterocycles. The van der Waals surface area contributed by atoms with Gasteiger partial charge in [0.1, 0.15) is 11.6 Å². The minimum Gasteiger partial charge on any atom is -0.485 e. The van der Waals surface area contributed by atoms with Crippen molar-refractivity contribution in [2.45, 2.75) is 20.4 Å². The van der Waals surface area contributed by atoms with E-state index in [-0.39, 0.29) is 18.2 Å². The Balaban J connectivity index is 1.73. The molecule has 5 heteroatoms. The molecule has 0 bridgehead atoms. The molecule has 0 radical (unpaired) electrons. The van der Waals surface area contributed by atoms with Gasteiger partial charge in [-0.05, 0) is 43.5 Å². The monoisotopic (exact) mass is 343 g/mol. The lowest BCUT2D eigenvalue weighted by molar-refractivity contribution is 0.0920. The molecule has 0 amide bonds. The Kier molecular flexibility index (Phi) is 4.81. The number of carbonyl (C=O) groups excluding carboxylic acids is 1. The molecule has 0 saturated heterocycles. The van der Waals surface area contributed by atoms with E-state index in [0.717, 1.165) is 17.9 Å². The number of thiophene rings is 1. The lowest BCUT2D eigenvalue weighted by Gasteiger charge is -2.09. The molecule has 3 rings (SSSR count). The maximum atomic E-state index is 13.1. The second-order valence-electron chi connectivity index (χ2n) is 5.62. The van der Waals surface area contributed by atoms with E-state index in [0.29, 0.717) is 11.3 Å². The fourth-order valence-corrected chi connectivity index (χ4v) is 3.36. The number of rotatable bonds is 6. The van der Waals surface area contributed by atoms with Crippen LogP contribution in [0.1, 0.15) is 26.6 Å². The highest BCUT2D eigenvalue weighted by molar-refractivity contribution is 7.09. The van der Waals surface area contributed by atoms with Gasteiger partial charge in [0, 0.05) is 27.9 Å². The van der Waals surface area contributed by atoms with Crippen LogP contribution in [-0.4, -0.2) is 17.0 Å². The molecule has 2 aromatic heterocycles. The molecule has 3 nitrogen and oxygen atoms in total. The summed E-state index contributed by atoms with van der Waals surface area (Å²) in [5.41, 5.74) is 2.62. The van der Waals surface area contributed by atoms with Crippen LogP contribution in [-0.2, 0) is 6.54 Å². The molecule has 0 fully saturated rings. The summed E-state index contributed by atoms with van der Waals surface area (Å²) in [7, 11) is 0. The van der Waals surface area contributed by atoms with Crippen molar-refractivity contribution >= 4 is 17.1 Å². The van der Waals surface area contributed by atoms with Crippen molar-refractivity contribution in [1.29, 1.82) is 0 Å². The van der Waals surface area contributed by atoms with Gasteiger partial charge in [-0.2, -0.15) is 0 Å². The summed E-state index contributed by atoms with van der Waals surface area (Å²) in [6, 6.07) is 11.8. The van der Waals surface area contributed by atoms with Gasteiger partial charge in [-0.1, -0.05) is 12.1 Å². The zero-order valence-electron chi connectivity index (χ0n) is 13.6. The molecule has 0 unspecified atom stereocenters. The summed E-state index contributed by atoms with van der Waals surface area (Å²) in [6.07, 6.45) is 0. The van der Waals surface area contributed by atoms with Crippen LogP contribution in [0.5, 0.6) is 5.75 Å². The minimum atomic E-state index is -0.380. The number of aryl methyl sites for hydroxylation is 1. The van der Waals surface area contributed by atoms with E-state index in [9.17, 15) is 9.18 Å². The molecular formula is C19H18FNO2S. The van der Waals surface area contributed by atoms with Crippen molar-refractivity contribution in [3.05, 3.63) is 75.5 Å². The summed E-state index contributed by atoms with van der Waals surface area (Å²) in [5, 5.41) is 2.04. The van der Waals surface area contributed by atoms with E-state index in [1.165, 1.54) is 17.0 Å². The van der Waals surface area contributed by atoms with Crippen LogP contribution in [0.2, 0.25) is 0 Å². The van der Waals surface area contributed by atoms with Crippen molar-refractivity contribution < 1.29 is 13.9 Å². The smallest absolute Gasteiger partial charge is 0.202 e. The summed E-state index contributed by atoms with van der Waals surface area (Å²) >= 11 is 1.70. The molecule has 0 atom stereocenters. The quantitative estimate of drug-likeness (QED) is 0.612. The number of hydrogen-bond donors (Lipinski definition) is 0. The van der Waals surface area contributed by atoms with E-state index >= 15 is 0 Å². The van der Waals surface area contributed by atoms with Crippen LogP contribution >= 0.6 is 11.3 Å². The Morgan fingerprint density at radius 3 is 2.75 bits per heavy atom. The van der Waals surface area contributed by atoms with E-state index in [1.54, 1.807) is 23.5 Å². The van der Waals surface area contributed by atoms with Crippen LogP contribution in [0, 0.1) is 19.7 Å². The molecule has 0 aliphatic heterocycles. The van der Waals surface area contributed by atoms with Gasteiger partial charge in [-0.3, -0.25) is 4.79 Å². The van der Waals surface area contributed by atoms with Gasteiger partial charge in [0.2, 0.25) is 5.78 Å². The van der Waals surface area contributed by atoms with E-state index < -0.39 is 0 Å². The standard InChI is InChI=1S/C19H18FNO2S/c1-13-9-18(14(2)21(13)11-17-7-4-8-24-17)19(22)12-23-16-6-3-5-15(20)10-16/h3-10H,11-12H2,1-2H3. The van der Waals surface area contributed by atoms with Gasteiger partial charge in [-0.15, -0.1) is 11.3 Å². The summed E-state index contributed by atoms with van der Waals surface area (Å²) in [5.74, 6) is -0.130. The predicted molar refractivity (Wildman–Crippen MR) is 93.6 cm³/mol. The summed E-state index contributed by atoms with van der Waals surface area (Å²) < 4.78 is 20.7. The molecule has 124 valence electrons. The molecule has 0 aliphatic rings. The third-order valence-corrected chi connectivity index (χ3v) is 4.80. The van der Waals surface area contributed by atoms with Gasteiger partial charge in [0.05, 0.1) is 6.54 Å². The Morgan fingerprint density at radius 2 is 2.04 bits per heavy atom. The number of halogens is 1. The van der Waals surface area contributed by atoms with Crippen LogP contribution in [0.3, 0.4) is 0 Å². The predicted octanol–water partition coefficient (Wildman–Crippen LogP) is 4.62. The molecular weight excluding hydrogens is 325 g/mol. The molecule has 0 saturated carbocycles. The van der Waals surface area contributed by atoms with Crippen molar-refractivity contribution in [1.82, 2.24) is 4.57 Å². The highest BCUT2D eigenvalue weighted by atomic mass is 32.1. The van der Waals surface area contributed by atoms with Crippen molar-refractivity contribution in [3.63, 3.8) is 0 Å². The molecule has 0 aliphatic carbocycles. The number of ether oxygens (including phenoxy) is 1. The number of aromatic nitrogens is 1. The maximum Gasteiger partial charge on any atom is 0.202 e. The van der Waals surface area contributed by atoms with Crippen LogP contribution < -0.4 is 4.74 Å². The zero-order valence-corrected chi connectivity index (χ0v) is 14.4. The third kappa shape index (κ3) is 3.57. The first kappa shape index (κ1) is 16.5. The van der Waals surface area contributed by atoms with Crippen molar-refractivity contribution in [3.8, 4) is 5.75 Å². The first-order chi connectivity index (χ1) is 11.5. The second-order valence-corrected chi connectivity index (χ2v) is 6.65. The Morgan fingerprint density at radius 1 is 1.21 bits per heavy atom. The van der Waals surface area contributed by atoms with E-state index in [2.05, 4.69) is 10.6 Å². The Labute approximate surface area is 144 Å². The number of carbonyl (C=O) groups is 1. The maximum absolute atomic E-state index is 13.1. The van der Waals surface area contributed by atoms with Gasteiger partial charge < -0.3 is 9.30 Å². The zero-order chi connectivity index (χ0) is 17.1. The highest BCUT2D eigenvalue weighted by Crippen LogP contribution is 2.20. The van der Waals surface area contributed by atoms with Crippen LogP contribution in [0.25, 0.3) is 0 Å². The van der Waals surface area contributed by atoms with Crippen molar-refractivity contribution in [2.75, 3.05) is 6.61 Å². The Hall–Kier alpha value is -2.40. The number of ketones is 1. The van der Waals surface area contributed by atoms with Gasteiger partial charge >= 0.3 is 0 Å². The largest absolute Gasteiger partial charge is 0.485 e. The fourth-order valence-electron chi connectivity index (χ4n) is 2.67.